The smallest absolute Gasteiger partial charge is 0.273 e. The molecular formula is C21H17F3N4O. The van der Waals surface area contributed by atoms with E-state index in [-0.39, 0.29) is 11.6 Å². The summed E-state index contributed by atoms with van der Waals surface area (Å²) >= 11 is 0. The number of hydrogen-bond acceptors (Lipinski definition) is 5. The van der Waals surface area contributed by atoms with Crippen LogP contribution in [0.5, 0.6) is 0 Å². The Morgan fingerprint density at radius 3 is 2.48 bits per heavy atom. The second kappa shape index (κ2) is 6.51. The van der Waals surface area contributed by atoms with Crippen LogP contribution in [0.1, 0.15) is 18.2 Å². The maximum absolute atomic E-state index is 13.9. The molecule has 0 spiro atoms. The number of hydrogen-bond donors (Lipinski definition) is 2. The maximum Gasteiger partial charge on any atom is 0.273 e. The van der Waals surface area contributed by atoms with Gasteiger partial charge in [0.15, 0.2) is 5.58 Å². The van der Waals surface area contributed by atoms with E-state index < -0.39 is 17.3 Å². The van der Waals surface area contributed by atoms with Crippen LogP contribution in [0.4, 0.5) is 24.7 Å². The van der Waals surface area contributed by atoms with Crippen LogP contribution in [0.3, 0.4) is 0 Å². The lowest BCUT2D eigenvalue weighted by Gasteiger charge is -2.14. The Bertz CT molecular complexity index is 1240. The molecule has 8 heteroatoms. The van der Waals surface area contributed by atoms with Gasteiger partial charge >= 0.3 is 0 Å². The van der Waals surface area contributed by atoms with Crippen molar-refractivity contribution in [2.45, 2.75) is 19.8 Å². The molecule has 3 aromatic heterocycles. The van der Waals surface area contributed by atoms with Crippen LogP contribution in [0.15, 0.2) is 47.1 Å². The molecule has 0 aliphatic rings. The van der Waals surface area contributed by atoms with Gasteiger partial charge in [0, 0.05) is 36.1 Å². The van der Waals surface area contributed by atoms with E-state index >= 15 is 0 Å². The Morgan fingerprint density at radius 1 is 1.03 bits per heavy atom. The summed E-state index contributed by atoms with van der Waals surface area (Å²) in [4.78, 5) is 8.61. The first kappa shape index (κ1) is 18.8. The number of nitrogens with zero attached hydrogens (tertiary/aromatic N) is 2. The fourth-order valence-electron chi connectivity index (χ4n) is 3.29. The van der Waals surface area contributed by atoms with Gasteiger partial charge in [0.2, 0.25) is 5.88 Å². The van der Waals surface area contributed by atoms with Crippen molar-refractivity contribution in [2.75, 3.05) is 11.5 Å². The summed E-state index contributed by atoms with van der Waals surface area (Å²) in [5.74, 6) is -4.35. The fraction of sp³-hybridized carbons (Fsp3) is 0.143. The van der Waals surface area contributed by atoms with Crippen LogP contribution < -0.4 is 11.5 Å². The predicted molar refractivity (Wildman–Crippen MR) is 106 cm³/mol. The summed E-state index contributed by atoms with van der Waals surface area (Å²) < 4.78 is 47.2. The predicted octanol–water partition coefficient (Wildman–Crippen LogP) is 5.28. The topological polar surface area (TPSA) is 91.0 Å². The summed E-state index contributed by atoms with van der Waals surface area (Å²) in [5.41, 5.74) is 14.5. The Hall–Kier alpha value is -3.55. The van der Waals surface area contributed by atoms with E-state index in [0.29, 0.717) is 34.7 Å². The highest BCUT2D eigenvalue weighted by atomic mass is 19.3. The van der Waals surface area contributed by atoms with E-state index in [2.05, 4.69) is 9.97 Å². The third-order valence-corrected chi connectivity index (χ3v) is 4.70. The zero-order valence-corrected chi connectivity index (χ0v) is 15.6. The maximum atomic E-state index is 13.9. The minimum Gasteiger partial charge on any atom is -0.436 e. The summed E-state index contributed by atoms with van der Waals surface area (Å²) in [6, 6.07) is 7.05. The third kappa shape index (κ3) is 3.16. The minimum atomic E-state index is -3.35. The lowest BCUT2D eigenvalue weighted by atomic mass is 9.97. The van der Waals surface area contributed by atoms with Gasteiger partial charge in [-0.3, -0.25) is 9.97 Å². The number of alkyl halides is 2. The highest BCUT2D eigenvalue weighted by Gasteiger charge is 2.29. The molecule has 29 heavy (non-hydrogen) atoms. The molecule has 4 aromatic rings. The highest BCUT2D eigenvalue weighted by molar-refractivity contribution is 6.09. The molecular weight excluding hydrogens is 381 g/mol. The van der Waals surface area contributed by atoms with Gasteiger partial charge in [-0.05, 0) is 36.8 Å². The van der Waals surface area contributed by atoms with Gasteiger partial charge in [-0.15, -0.1) is 0 Å². The van der Waals surface area contributed by atoms with Gasteiger partial charge in [-0.25, -0.2) is 13.2 Å². The molecule has 0 saturated carbocycles. The zero-order chi connectivity index (χ0) is 20.9. The summed E-state index contributed by atoms with van der Waals surface area (Å²) in [6.45, 7) is 2.48. The second-order valence-electron chi connectivity index (χ2n) is 6.87. The van der Waals surface area contributed by atoms with Gasteiger partial charge in [0.25, 0.3) is 5.92 Å². The van der Waals surface area contributed by atoms with Crippen molar-refractivity contribution in [1.29, 1.82) is 0 Å². The number of anilines is 2. The number of rotatable bonds is 3. The average Bonchev–Trinajstić information content (AvgIpc) is 2.95. The third-order valence-electron chi connectivity index (χ3n) is 4.70. The highest BCUT2D eigenvalue weighted by Crippen LogP contribution is 2.42. The first-order valence-corrected chi connectivity index (χ1v) is 8.74. The van der Waals surface area contributed by atoms with E-state index in [0.717, 1.165) is 23.4 Å². The molecule has 0 fully saturated rings. The quantitative estimate of drug-likeness (QED) is 0.490. The number of halogens is 3. The number of benzene rings is 1. The zero-order valence-electron chi connectivity index (χ0n) is 15.6. The summed E-state index contributed by atoms with van der Waals surface area (Å²) in [5, 5.41) is 0.430. The van der Waals surface area contributed by atoms with Crippen LogP contribution in [-0.4, -0.2) is 9.97 Å². The molecule has 0 aliphatic heterocycles. The van der Waals surface area contributed by atoms with Crippen molar-refractivity contribution in [2.24, 2.45) is 0 Å². The van der Waals surface area contributed by atoms with Crippen molar-refractivity contribution in [3.63, 3.8) is 0 Å². The molecule has 5 nitrogen and oxygen atoms in total. The Morgan fingerprint density at radius 2 is 1.79 bits per heavy atom. The molecule has 0 saturated heterocycles. The van der Waals surface area contributed by atoms with Gasteiger partial charge < -0.3 is 15.9 Å². The van der Waals surface area contributed by atoms with Gasteiger partial charge in [0.05, 0.1) is 10.9 Å². The molecule has 0 unspecified atom stereocenters. The van der Waals surface area contributed by atoms with Crippen molar-refractivity contribution >= 4 is 22.5 Å². The number of aryl methyl sites for hydroxylation is 1. The van der Waals surface area contributed by atoms with Gasteiger partial charge in [0.1, 0.15) is 17.2 Å². The largest absolute Gasteiger partial charge is 0.436 e. The van der Waals surface area contributed by atoms with Crippen molar-refractivity contribution in [1.82, 2.24) is 9.97 Å². The Balaban J connectivity index is 2.00. The molecule has 148 valence electrons. The number of furan rings is 1. The SMILES string of the molecule is Cc1cc(-c2ncc(-c3ccc(F)c(C(C)(F)F)c3)c3c(N)c(N)oc23)ccn1. The first-order chi connectivity index (χ1) is 13.7. The summed E-state index contributed by atoms with van der Waals surface area (Å²) in [7, 11) is 0. The molecule has 0 aliphatic carbocycles. The van der Waals surface area contributed by atoms with Crippen LogP contribution in [0, 0.1) is 12.7 Å². The van der Waals surface area contributed by atoms with Crippen molar-refractivity contribution in [3.8, 4) is 22.4 Å². The molecule has 0 bridgehead atoms. The van der Waals surface area contributed by atoms with Gasteiger partial charge in [-0.1, -0.05) is 6.07 Å². The molecule has 4 N–H and O–H groups in total. The van der Waals surface area contributed by atoms with Gasteiger partial charge in [-0.2, -0.15) is 0 Å². The monoisotopic (exact) mass is 398 g/mol. The minimum absolute atomic E-state index is 0.00978. The number of nitrogens with two attached hydrogens (primary N) is 2. The lowest BCUT2D eigenvalue weighted by Crippen LogP contribution is -2.10. The van der Waals surface area contributed by atoms with E-state index in [1.807, 2.05) is 13.0 Å². The van der Waals surface area contributed by atoms with Crippen LogP contribution >= 0.6 is 0 Å². The standard InChI is InChI=1S/C21H17F3N4O/c1-10-7-12(5-6-27-10)18-19-16(17(25)20(26)29-19)13(9-28-18)11-3-4-15(22)14(8-11)21(2,23)24/h3-9H,25-26H2,1-2H3. The van der Waals surface area contributed by atoms with Crippen molar-refractivity contribution in [3.05, 3.63) is 59.8 Å². The fourth-order valence-corrected chi connectivity index (χ4v) is 3.29. The molecule has 4 rings (SSSR count). The number of fused-ring (bicyclic) bond motifs is 1. The Labute approximate surface area is 164 Å². The molecule has 3 heterocycles. The first-order valence-electron chi connectivity index (χ1n) is 8.74. The average molecular weight is 398 g/mol. The number of aromatic nitrogens is 2. The van der Waals surface area contributed by atoms with E-state index in [4.69, 9.17) is 15.9 Å². The van der Waals surface area contributed by atoms with E-state index in [1.54, 1.807) is 12.3 Å². The second-order valence-corrected chi connectivity index (χ2v) is 6.87. The molecule has 0 radical (unpaired) electrons. The number of nitrogen functional groups attached to an aromatic ring is 2. The van der Waals surface area contributed by atoms with E-state index in [1.165, 1.54) is 12.3 Å². The molecule has 0 amide bonds. The molecule has 1 aromatic carbocycles. The molecule has 0 atom stereocenters. The van der Waals surface area contributed by atoms with Crippen LogP contribution in [0.2, 0.25) is 0 Å². The summed E-state index contributed by atoms with van der Waals surface area (Å²) in [6.07, 6.45) is 3.13. The normalized spacial score (nSPS) is 11.9. The van der Waals surface area contributed by atoms with Crippen molar-refractivity contribution < 1.29 is 17.6 Å². The number of pyridine rings is 2. The van der Waals surface area contributed by atoms with Crippen LogP contribution in [0.25, 0.3) is 33.4 Å². The Kier molecular flexibility index (Phi) is 4.22. The lowest BCUT2D eigenvalue weighted by molar-refractivity contribution is 0.0138. The van der Waals surface area contributed by atoms with Crippen LogP contribution in [-0.2, 0) is 5.92 Å². The van der Waals surface area contributed by atoms with E-state index in [9.17, 15) is 13.2 Å².